The first-order valence-corrected chi connectivity index (χ1v) is 10.8. The second-order valence-corrected chi connectivity index (χ2v) is 9.72. The SMILES string of the molecule is CC(C)[C@H](NC(=O)c1ccc(C(C)(C)C)cc1)C(=O)OCC(=O)N1CCC[C@H](C)C1. The Morgan fingerprint density at radius 3 is 2.33 bits per heavy atom. The van der Waals surface area contributed by atoms with Crippen LogP contribution in [-0.4, -0.2) is 48.4 Å². The molecule has 0 aliphatic carbocycles. The van der Waals surface area contributed by atoms with Gasteiger partial charge in [-0.2, -0.15) is 0 Å². The molecule has 6 nitrogen and oxygen atoms in total. The van der Waals surface area contributed by atoms with Crippen LogP contribution in [0.5, 0.6) is 0 Å². The number of likely N-dealkylation sites (tertiary alicyclic amines) is 1. The van der Waals surface area contributed by atoms with Crippen molar-refractivity contribution < 1.29 is 19.1 Å². The van der Waals surface area contributed by atoms with E-state index in [1.54, 1.807) is 17.0 Å². The molecule has 0 radical (unpaired) electrons. The molecule has 1 N–H and O–H groups in total. The highest BCUT2D eigenvalue weighted by Crippen LogP contribution is 2.22. The topological polar surface area (TPSA) is 75.7 Å². The fourth-order valence-electron chi connectivity index (χ4n) is 3.57. The van der Waals surface area contributed by atoms with E-state index in [1.165, 1.54) is 0 Å². The van der Waals surface area contributed by atoms with Gasteiger partial charge in [0.15, 0.2) is 6.61 Å². The molecular formula is C24H36N2O4. The van der Waals surface area contributed by atoms with Crippen LogP contribution in [0.25, 0.3) is 0 Å². The van der Waals surface area contributed by atoms with Crippen LogP contribution >= 0.6 is 0 Å². The first-order valence-electron chi connectivity index (χ1n) is 10.8. The minimum Gasteiger partial charge on any atom is -0.454 e. The first-order chi connectivity index (χ1) is 14.0. The minimum atomic E-state index is -0.812. The zero-order valence-electron chi connectivity index (χ0n) is 19.2. The van der Waals surface area contributed by atoms with E-state index in [0.29, 0.717) is 24.6 Å². The van der Waals surface area contributed by atoms with Crippen molar-refractivity contribution in [3.05, 3.63) is 35.4 Å². The molecule has 1 saturated heterocycles. The largest absolute Gasteiger partial charge is 0.454 e. The lowest BCUT2D eigenvalue weighted by Crippen LogP contribution is -2.47. The minimum absolute atomic E-state index is 0.00202. The van der Waals surface area contributed by atoms with Crippen molar-refractivity contribution in [2.45, 2.75) is 65.8 Å². The molecule has 30 heavy (non-hydrogen) atoms. The molecule has 1 heterocycles. The Morgan fingerprint density at radius 2 is 1.80 bits per heavy atom. The number of piperidine rings is 1. The molecule has 2 atom stereocenters. The second kappa shape index (κ2) is 10.1. The molecular weight excluding hydrogens is 380 g/mol. The third-order valence-electron chi connectivity index (χ3n) is 5.57. The van der Waals surface area contributed by atoms with Gasteiger partial charge >= 0.3 is 5.97 Å². The van der Waals surface area contributed by atoms with Crippen LogP contribution in [0, 0.1) is 11.8 Å². The Hall–Kier alpha value is -2.37. The standard InChI is InChI=1S/C24H36N2O4/c1-16(2)21(23(29)30-15-20(27)26-13-7-8-17(3)14-26)25-22(28)18-9-11-19(12-10-18)24(4,5)6/h9-12,16-17,21H,7-8,13-15H2,1-6H3,(H,25,28)/t17-,21-/m0/s1. The third-order valence-corrected chi connectivity index (χ3v) is 5.57. The van der Waals surface area contributed by atoms with Gasteiger partial charge in [-0.05, 0) is 47.8 Å². The molecule has 0 aromatic heterocycles. The number of ether oxygens (including phenoxy) is 1. The van der Waals surface area contributed by atoms with E-state index in [9.17, 15) is 14.4 Å². The third kappa shape index (κ3) is 6.57. The van der Waals surface area contributed by atoms with E-state index in [1.807, 2.05) is 26.0 Å². The van der Waals surface area contributed by atoms with Gasteiger partial charge in [0, 0.05) is 18.7 Å². The molecule has 1 aromatic rings. The lowest BCUT2D eigenvalue weighted by Gasteiger charge is -2.31. The number of hydrogen-bond acceptors (Lipinski definition) is 4. The highest BCUT2D eigenvalue weighted by molar-refractivity contribution is 5.97. The first kappa shape index (κ1) is 23.9. The molecule has 1 aliphatic rings. The number of benzene rings is 1. The normalized spacial score (nSPS) is 18.1. The molecule has 1 aromatic carbocycles. The van der Waals surface area contributed by atoms with E-state index in [2.05, 4.69) is 33.0 Å². The van der Waals surface area contributed by atoms with E-state index in [4.69, 9.17) is 4.74 Å². The van der Waals surface area contributed by atoms with Crippen molar-refractivity contribution in [3.63, 3.8) is 0 Å². The van der Waals surface area contributed by atoms with Gasteiger partial charge in [-0.15, -0.1) is 0 Å². The maximum atomic E-state index is 12.7. The number of carbonyl (C=O) groups excluding carboxylic acids is 3. The van der Waals surface area contributed by atoms with Crippen LogP contribution in [0.3, 0.4) is 0 Å². The fraction of sp³-hybridized carbons (Fsp3) is 0.625. The van der Waals surface area contributed by atoms with Crippen molar-refractivity contribution in [2.75, 3.05) is 19.7 Å². The Bertz CT molecular complexity index is 749. The predicted molar refractivity (Wildman–Crippen MR) is 117 cm³/mol. The number of hydrogen-bond donors (Lipinski definition) is 1. The average Bonchev–Trinajstić information content (AvgIpc) is 2.69. The van der Waals surface area contributed by atoms with Gasteiger partial charge in [0.2, 0.25) is 0 Å². The average molecular weight is 417 g/mol. The van der Waals surface area contributed by atoms with Gasteiger partial charge in [0.05, 0.1) is 0 Å². The van der Waals surface area contributed by atoms with Crippen molar-refractivity contribution in [3.8, 4) is 0 Å². The number of amides is 2. The fourth-order valence-corrected chi connectivity index (χ4v) is 3.57. The molecule has 166 valence electrons. The number of nitrogens with zero attached hydrogens (tertiary/aromatic N) is 1. The van der Waals surface area contributed by atoms with Gasteiger partial charge in [0.1, 0.15) is 6.04 Å². The molecule has 6 heteroatoms. The smallest absolute Gasteiger partial charge is 0.329 e. The van der Waals surface area contributed by atoms with Crippen LogP contribution in [0.2, 0.25) is 0 Å². The quantitative estimate of drug-likeness (QED) is 0.720. The lowest BCUT2D eigenvalue weighted by molar-refractivity contribution is -0.155. The van der Waals surface area contributed by atoms with Crippen molar-refractivity contribution in [2.24, 2.45) is 11.8 Å². The molecule has 0 unspecified atom stereocenters. The molecule has 0 bridgehead atoms. The van der Waals surface area contributed by atoms with Gasteiger partial charge in [-0.3, -0.25) is 9.59 Å². The Kier molecular flexibility index (Phi) is 8.04. The van der Waals surface area contributed by atoms with Crippen LogP contribution in [-0.2, 0) is 19.7 Å². The molecule has 1 fully saturated rings. The Labute approximate surface area is 180 Å². The summed E-state index contributed by atoms with van der Waals surface area (Å²) < 4.78 is 5.27. The number of carbonyl (C=O) groups is 3. The zero-order valence-corrected chi connectivity index (χ0v) is 19.2. The number of rotatable bonds is 6. The van der Waals surface area contributed by atoms with Crippen LogP contribution < -0.4 is 5.32 Å². The van der Waals surface area contributed by atoms with E-state index in [-0.39, 0.29) is 29.8 Å². The molecule has 1 aliphatic heterocycles. The Morgan fingerprint density at radius 1 is 1.17 bits per heavy atom. The Balaban J connectivity index is 1.95. The maximum Gasteiger partial charge on any atom is 0.329 e. The summed E-state index contributed by atoms with van der Waals surface area (Å²) in [5, 5.41) is 2.76. The predicted octanol–water partition coefficient (Wildman–Crippen LogP) is 3.54. The summed E-state index contributed by atoms with van der Waals surface area (Å²) in [4.78, 5) is 39.3. The van der Waals surface area contributed by atoms with E-state index >= 15 is 0 Å². The van der Waals surface area contributed by atoms with E-state index in [0.717, 1.165) is 18.4 Å². The van der Waals surface area contributed by atoms with Crippen LogP contribution in [0.4, 0.5) is 0 Å². The molecule has 2 rings (SSSR count). The van der Waals surface area contributed by atoms with Gasteiger partial charge in [-0.25, -0.2) is 4.79 Å². The highest BCUT2D eigenvalue weighted by Gasteiger charge is 2.28. The summed E-state index contributed by atoms with van der Waals surface area (Å²) in [6.07, 6.45) is 2.08. The van der Waals surface area contributed by atoms with Gasteiger partial charge in [-0.1, -0.05) is 53.7 Å². The molecule has 0 spiro atoms. The van der Waals surface area contributed by atoms with E-state index < -0.39 is 12.0 Å². The van der Waals surface area contributed by atoms with Crippen molar-refractivity contribution >= 4 is 17.8 Å². The highest BCUT2D eigenvalue weighted by atomic mass is 16.5. The summed E-state index contributed by atoms with van der Waals surface area (Å²) in [6, 6.07) is 6.57. The lowest BCUT2D eigenvalue weighted by atomic mass is 9.86. The summed E-state index contributed by atoms with van der Waals surface area (Å²) in [6.45, 7) is 13.2. The monoisotopic (exact) mass is 416 g/mol. The van der Waals surface area contributed by atoms with Crippen molar-refractivity contribution in [1.29, 1.82) is 0 Å². The van der Waals surface area contributed by atoms with Crippen LogP contribution in [0.1, 0.15) is 70.3 Å². The summed E-state index contributed by atoms with van der Waals surface area (Å²) >= 11 is 0. The summed E-state index contributed by atoms with van der Waals surface area (Å²) in [5.41, 5.74) is 1.61. The van der Waals surface area contributed by atoms with Crippen molar-refractivity contribution in [1.82, 2.24) is 10.2 Å². The second-order valence-electron chi connectivity index (χ2n) is 9.72. The van der Waals surface area contributed by atoms with Gasteiger partial charge < -0.3 is 15.0 Å². The number of esters is 1. The summed E-state index contributed by atoms with van der Waals surface area (Å²) in [7, 11) is 0. The molecule has 0 saturated carbocycles. The maximum absolute atomic E-state index is 12.7. The summed E-state index contributed by atoms with van der Waals surface area (Å²) in [5.74, 6) is -0.793. The van der Waals surface area contributed by atoms with Crippen LogP contribution in [0.15, 0.2) is 24.3 Å². The molecule has 2 amide bonds. The number of nitrogens with one attached hydrogen (secondary N) is 1. The van der Waals surface area contributed by atoms with Gasteiger partial charge in [0.25, 0.3) is 11.8 Å². The zero-order chi connectivity index (χ0) is 22.5.